The van der Waals surface area contributed by atoms with E-state index >= 15 is 0 Å². The molecule has 1 fully saturated rings. The van der Waals surface area contributed by atoms with Crippen molar-refractivity contribution in [3.8, 4) is 0 Å². The van der Waals surface area contributed by atoms with E-state index in [2.05, 4.69) is 15.2 Å². The molecule has 22 heavy (non-hydrogen) atoms. The predicted octanol–water partition coefficient (Wildman–Crippen LogP) is 3.21. The number of carbonyl (C=O) groups is 1. The summed E-state index contributed by atoms with van der Waals surface area (Å²) in [5, 5.41) is 2.43. The molecular formula is C16H15F2N3O. The van der Waals surface area contributed by atoms with Crippen LogP contribution in [0.1, 0.15) is 23.2 Å². The lowest BCUT2D eigenvalue weighted by molar-refractivity contribution is 0.102. The molecule has 1 N–H and O–H groups in total. The minimum absolute atomic E-state index is 0.0574. The monoisotopic (exact) mass is 303 g/mol. The van der Waals surface area contributed by atoms with Crippen molar-refractivity contribution in [2.45, 2.75) is 12.8 Å². The molecule has 0 spiro atoms. The minimum atomic E-state index is -0.808. The van der Waals surface area contributed by atoms with Crippen LogP contribution >= 0.6 is 0 Å². The van der Waals surface area contributed by atoms with Crippen LogP contribution < -0.4 is 10.2 Å². The van der Waals surface area contributed by atoms with Crippen LogP contribution in [0.15, 0.2) is 36.7 Å². The van der Waals surface area contributed by atoms with Gasteiger partial charge in [-0.25, -0.2) is 8.78 Å². The molecule has 0 unspecified atom stereocenters. The number of halogens is 2. The van der Waals surface area contributed by atoms with E-state index in [1.807, 2.05) is 0 Å². The van der Waals surface area contributed by atoms with Crippen LogP contribution in [-0.2, 0) is 0 Å². The molecule has 114 valence electrons. The number of carbonyl (C=O) groups excluding carboxylic acids is 1. The van der Waals surface area contributed by atoms with E-state index in [1.165, 1.54) is 12.3 Å². The van der Waals surface area contributed by atoms with Gasteiger partial charge in [0.15, 0.2) is 0 Å². The van der Waals surface area contributed by atoms with Gasteiger partial charge in [-0.1, -0.05) is 0 Å². The van der Waals surface area contributed by atoms with Gasteiger partial charge in [-0.2, -0.15) is 0 Å². The standard InChI is InChI=1S/C16H15F2N3O/c17-12-3-4-15(14(18)8-12)20-16(22)11-7-13(10-19-9-11)21-5-1-2-6-21/h3-4,7-10H,1-2,5-6H2,(H,20,22). The number of nitrogens with zero attached hydrogens (tertiary/aromatic N) is 2. The number of amides is 1. The Kier molecular flexibility index (Phi) is 4.00. The molecule has 0 aliphatic carbocycles. The van der Waals surface area contributed by atoms with Crippen LogP contribution in [0.5, 0.6) is 0 Å². The Morgan fingerprint density at radius 1 is 1.14 bits per heavy atom. The number of anilines is 2. The van der Waals surface area contributed by atoms with Crippen molar-refractivity contribution in [1.82, 2.24) is 4.98 Å². The first-order chi connectivity index (χ1) is 10.6. The first-order valence-corrected chi connectivity index (χ1v) is 7.10. The molecule has 2 aromatic rings. The number of aromatic nitrogens is 1. The number of hydrogen-bond acceptors (Lipinski definition) is 3. The number of pyridine rings is 1. The number of rotatable bonds is 3. The second-order valence-electron chi connectivity index (χ2n) is 5.20. The van der Waals surface area contributed by atoms with E-state index in [1.54, 1.807) is 12.3 Å². The summed E-state index contributed by atoms with van der Waals surface area (Å²) < 4.78 is 26.4. The van der Waals surface area contributed by atoms with Crippen molar-refractivity contribution < 1.29 is 13.6 Å². The van der Waals surface area contributed by atoms with Gasteiger partial charge in [0.2, 0.25) is 0 Å². The van der Waals surface area contributed by atoms with Gasteiger partial charge in [0, 0.05) is 25.4 Å². The zero-order chi connectivity index (χ0) is 15.5. The van der Waals surface area contributed by atoms with Crippen molar-refractivity contribution in [2.75, 3.05) is 23.3 Å². The molecule has 1 saturated heterocycles. The molecule has 0 bridgehead atoms. The first-order valence-electron chi connectivity index (χ1n) is 7.10. The van der Waals surface area contributed by atoms with Gasteiger partial charge in [-0.3, -0.25) is 9.78 Å². The Hall–Kier alpha value is -2.50. The first kappa shape index (κ1) is 14.4. The van der Waals surface area contributed by atoms with E-state index in [0.29, 0.717) is 5.56 Å². The maximum atomic E-state index is 13.6. The highest BCUT2D eigenvalue weighted by Gasteiger charge is 2.15. The Labute approximate surface area is 126 Å². The Morgan fingerprint density at radius 3 is 2.64 bits per heavy atom. The fourth-order valence-electron chi connectivity index (χ4n) is 2.49. The summed E-state index contributed by atoms with van der Waals surface area (Å²) in [7, 11) is 0. The molecule has 0 atom stereocenters. The maximum absolute atomic E-state index is 13.6. The zero-order valence-electron chi connectivity index (χ0n) is 11.9. The third-order valence-corrected chi connectivity index (χ3v) is 3.64. The van der Waals surface area contributed by atoms with Crippen LogP contribution in [0.25, 0.3) is 0 Å². The van der Waals surface area contributed by atoms with Gasteiger partial charge in [0.25, 0.3) is 5.91 Å². The third kappa shape index (κ3) is 3.05. The lowest BCUT2D eigenvalue weighted by Crippen LogP contribution is -2.19. The van der Waals surface area contributed by atoms with Gasteiger partial charge in [0.1, 0.15) is 11.6 Å². The normalized spacial score (nSPS) is 14.2. The highest BCUT2D eigenvalue weighted by atomic mass is 19.1. The molecule has 2 heterocycles. The highest BCUT2D eigenvalue weighted by Crippen LogP contribution is 2.21. The molecule has 1 amide bonds. The van der Waals surface area contributed by atoms with Crippen LogP contribution in [0.2, 0.25) is 0 Å². The molecule has 6 heteroatoms. The highest BCUT2D eigenvalue weighted by molar-refractivity contribution is 6.04. The zero-order valence-corrected chi connectivity index (χ0v) is 11.9. The van der Waals surface area contributed by atoms with E-state index in [9.17, 15) is 13.6 Å². The lowest BCUT2D eigenvalue weighted by atomic mass is 10.2. The maximum Gasteiger partial charge on any atom is 0.257 e. The van der Waals surface area contributed by atoms with Crippen molar-refractivity contribution >= 4 is 17.3 Å². The molecule has 0 saturated carbocycles. The average Bonchev–Trinajstić information content (AvgIpc) is 3.04. The van der Waals surface area contributed by atoms with Crippen LogP contribution in [0, 0.1) is 11.6 Å². The molecule has 0 radical (unpaired) electrons. The molecule has 4 nitrogen and oxygen atoms in total. The third-order valence-electron chi connectivity index (χ3n) is 3.64. The number of hydrogen-bond donors (Lipinski definition) is 1. The van der Waals surface area contributed by atoms with Gasteiger partial charge in [0.05, 0.1) is 23.1 Å². The number of nitrogens with one attached hydrogen (secondary N) is 1. The molecular weight excluding hydrogens is 288 g/mol. The summed E-state index contributed by atoms with van der Waals surface area (Å²) in [5.74, 6) is -1.97. The fraction of sp³-hybridized carbons (Fsp3) is 0.250. The fourth-order valence-corrected chi connectivity index (χ4v) is 2.49. The minimum Gasteiger partial charge on any atom is -0.370 e. The second kappa shape index (κ2) is 6.09. The van der Waals surface area contributed by atoms with E-state index in [0.717, 1.165) is 43.8 Å². The molecule has 1 aromatic carbocycles. The molecule has 3 rings (SSSR count). The van der Waals surface area contributed by atoms with Crippen molar-refractivity contribution in [3.63, 3.8) is 0 Å². The van der Waals surface area contributed by atoms with Crippen LogP contribution in [0.3, 0.4) is 0 Å². The van der Waals surface area contributed by atoms with E-state index in [-0.39, 0.29) is 5.69 Å². The average molecular weight is 303 g/mol. The van der Waals surface area contributed by atoms with Gasteiger partial charge in [-0.05, 0) is 31.0 Å². The quantitative estimate of drug-likeness (QED) is 0.947. The largest absolute Gasteiger partial charge is 0.370 e. The van der Waals surface area contributed by atoms with Crippen molar-refractivity contribution in [2.24, 2.45) is 0 Å². The summed E-state index contributed by atoms with van der Waals surface area (Å²) in [6.45, 7) is 1.89. The van der Waals surface area contributed by atoms with Crippen LogP contribution in [-0.4, -0.2) is 24.0 Å². The predicted molar refractivity (Wildman–Crippen MR) is 80.0 cm³/mol. The topological polar surface area (TPSA) is 45.2 Å². The summed E-state index contributed by atoms with van der Waals surface area (Å²) in [4.78, 5) is 18.4. The summed E-state index contributed by atoms with van der Waals surface area (Å²) >= 11 is 0. The molecule has 1 aromatic heterocycles. The number of benzene rings is 1. The lowest BCUT2D eigenvalue weighted by Gasteiger charge is -2.17. The van der Waals surface area contributed by atoms with E-state index in [4.69, 9.17) is 0 Å². The Balaban J connectivity index is 1.78. The Bertz CT molecular complexity index is 700. The second-order valence-corrected chi connectivity index (χ2v) is 5.20. The summed E-state index contributed by atoms with van der Waals surface area (Å²) in [6, 6.07) is 4.75. The van der Waals surface area contributed by atoms with Crippen LogP contribution in [0.4, 0.5) is 20.2 Å². The van der Waals surface area contributed by atoms with Gasteiger partial charge in [-0.15, -0.1) is 0 Å². The summed E-state index contributed by atoms with van der Waals surface area (Å²) in [6.07, 6.45) is 5.38. The Morgan fingerprint density at radius 2 is 1.91 bits per heavy atom. The van der Waals surface area contributed by atoms with Crippen molar-refractivity contribution in [1.29, 1.82) is 0 Å². The van der Waals surface area contributed by atoms with E-state index < -0.39 is 17.5 Å². The molecule has 1 aliphatic rings. The van der Waals surface area contributed by atoms with Gasteiger partial charge >= 0.3 is 0 Å². The molecule has 1 aliphatic heterocycles. The summed E-state index contributed by atoms with van der Waals surface area (Å²) in [5.41, 5.74) is 1.16. The SMILES string of the molecule is O=C(Nc1ccc(F)cc1F)c1cncc(N2CCCC2)c1. The van der Waals surface area contributed by atoms with Gasteiger partial charge < -0.3 is 10.2 Å². The van der Waals surface area contributed by atoms with Crippen molar-refractivity contribution in [3.05, 3.63) is 53.9 Å². The smallest absolute Gasteiger partial charge is 0.257 e.